The average molecular weight is 217 g/mol. The molecule has 2 heterocycles. The van der Waals surface area contributed by atoms with Crippen molar-refractivity contribution in [1.29, 1.82) is 0 Å². The number of nitrogens with zero attached hydrogens (tertiary/aromatic N) is 1. The van der Waals surface area contributed by atoms with Gasteiger partial charge in [-0.05, 0) is 35.7 Å². The third kappa shape index (κ3) is 1.46. The molecule has 0 aliphatic carbocycles. The van der Waals surface area contributed by atoms with Crippen molar-refractivity contribution in [3.05, 3.63) is 47.5 Å². The normalized spacial score (nSPS) is 18.9. The molecule has 1 aromatic heterocycles. The summed E-state index contributed by atoms with van der Waals surface area (Å²) in [5.74, 6) is 0.0571. The second-order valence-electron chi connectivity index (χ2n) is 4.03. The summed E-state index contributed by atoms with van der Waals surface area (Å²) in [5.41, 5.74) is 3.17. The van der Waals surface area contributed by atoms with E-state index < -0.39 is 0 Å². The lowest BCUT2D eigenvalue weighted by Gasteiger charge is -2.25. The highest BCUT2D eigenvalue weighted by molar-refractivity contribution is 5.57. The maximum absolute atomic E-state index is 13.3. The van der Waals surface area contributed by atoms with Crippen LogP contribution in [0.5, 0.6) is 0 Å². The van der Waals surface area contributed by atoms with Crippen LogP contribution in [0.3, 0.4) is 0 Å². The lowest BCUT2D eigenvalue weighted by Crippen LogP contribution is -2.17. The monoisotopic (exact) mass is 217 g/mol. The first-order chi connectivity index (χ1) is 7.84. The maximum Gasteiger partial charge on any atom is 0.123 e. The van der Waals surface area contributed by atoms with Crippen LogP contribution in [-0.4, -0.2) is 16.7 Å². The molecule has 0 amide bonds. The molecule has 4 heteroatoms. The number of H-pyrrole nitrogens is 1. The molecule has 0 bridgehead atoms. The van der Waals surface area contributed by atoms with E-state index in [0.29, 0.717) is 0 Å². The molecule has 0 saturated carbocycles. The van der Waals surface area contributed by atoms with E-state index in [4.69, 9.17) is 0 Å². The second-order valence-corrected chi connectivity index (χ2v) is 4.03. The van der Waals surface area contributed by atoms with Gasteiger partial charge in [-0.1, -0.05) is 0 Å². The van der Waals surface area contributed by atoms with Gasteiger partial charge in [0.2, 0.25) is 0 Å². The number of aromatic nitrogens is 2. The van der Waals surface area contributed by atoms with Gasteiger partial charge in [0.15, 0.2) is 0 Å². The van der Waals surface area contributed by atoms with Crippen molar-refractivity contribution in [2.75, 3.05) is 11.9 Å². The Bertz CT molecular complexity index is 493. The van der Waals surface area contributed by atoms with E-state index in [-0.39, 0.29) is 11.7 Å². The number of halogens is 1. The Labute approximate surface area is 92.7 Å². The van der Waals surface area contributed by atoms with Crippen LogP contribution in [0, 0.1) is 5.82 Å². The van der Waals surface area contributed by atoms with Gasteiger partial charge in [-0.2, -0.15) is 5.10 Å². The molecule has 3 nitrogen and oxygen atoms in total. The Balaban J connectivity index is 2.08. The topological polar surface area (TPSA) is 40.7 Å². The standard InChI is InChI=1S/C12H12FN3/c13-9-1-2-12-11(5-9)10(3-4-14-12)8-6-15-16-7-8/h1-2,5-7,10,14H,3-4H2,(H,15,16). The molecule has 16 heavy (non-hydrogen) atoms. The number of benzene rings is 1. The predicted octanol–water partition coefficient (Wildman–Crippen LogP) is 2.50. The smallest absolute Gasteiger partial charge is 0.123 e. The quantitative estimate of drug-likeness (QED) is 0.770. The molecular formula is C12H12FN3. The van der Waals surface area contributed by atoms with E-state index in [0.717, 1.165) is 29.8 Å². The highest BCUT2D eigenvalue weighted by atomic mass is 19.1. The molecule has 0 fully saturated rings. The van der Waals surface area contributed by atoms with Gasteiger partial charge in [0, 0.05) is 24.3 Å². The minimum Gasteiger partial charge on any atom is -0.385 e. The van der Waals surface area contributed by atoms with Crippen molar-refractivity contribution in [3.63, 3.8) is 0 Å². The third-order valence-corrected chi connectivity index (χ3v) is 3.06. The second kappa shape index (κ2) is 3.63. The summed E-state index contributed by atoms with van der Waals surface area (Å²) in [5, 5.41) is 10.0. The molecule has 2 N–H and O–H groups in total. The van der Waals surface area contributed by atoms with Crippen LogP contribution in [0.1, 0.15) is 23.5 Å². The first kappa shape index (κ1) is 9.39. The number of rotatable bonds is 1. The molecule has 1 atom stereocenters. The number of hydrogen-bond donors (Lipinski definition) is 2. The summed E-state index contributed by atoms with van der Waals surface area (Å²) in [6.07, 6.45) is 4.66. The number of nitrogens with one attached hydrogen (secondary N) is 2. The molecule has 1 aliphatic rings. The molecule has 2 aromatic rings. The minimum atomic E-state index is -0.184. The van der Waals surface area contributed by atoms with Crippen molar-refractivity contribution in [2.45, 2.75) is 12.3 Å². The van der Waals surface area contributed by atoms with Crippen LogP contribution in [0.2, 0.25) is 0 Å². The summed E-state index contributed by atoms with van der Waals surface area (Å²) in [6, 6.07) is 4.90. The largest absolute Gasteiger partial charge is 0.385 e. The Morgan fingerprint density at radius 1 is 1.38 bits per heavy atom. The average Bonchev–Trinajstić information content (AvgIpc) is 2.81. The molecular weight excluding hydrogens is 205 g/mol. The highest BCUT2D eigenvalue weighted by Gasteiger charge is 2.22. The molecule has 0 radical (unpaired) electrons. The fraction of sp³-hybridized carbons (Fsp3) is 0.250. The van der Waals surface area contributed by atoms with Crippen molar-refractivity contribution in [2.24, 2.45) is 0 Å². The minimum absolute atomic E-state index is 0.184. The van der Waals surface area contributed by atoms with Gasteiger partial charge >= 0.3 is 0 Å². The molecule has 0 spiro atoms. The van der Waals surface area contributed by atoms with E-state index in [1.165, 1.54) is 6.07 Å². The number of fused-ring (bicyclic) bond motifs is 1. The summed E-state index contributed by atoms with van der Waals surface area (Å²) in [4.78, 5) is 0. The predicted molar refractivity (Wildman–Crippen MR) is 59.9 cm³/mol. The van der Waals surface area contributed by atoms with E-state index in [2.05, 4.69) is 15.5 Å². The van der Waals surface area contributed by atoms with Crippen LogP contribution < -0.4 is 5.32 Å². The Kier molecular flexibility index (Phi) is 2.13. The van der Waals surface area contributed by atoms with Gasteiger partial charge in [0.05, 0.1) is 6.20 Å². The first-order valence-corrected chi connectivity index (χ1v) is 5.36. The first-order valence-electron chi connectivity index (χ1n) is 5.36. The zero-order valence-corrected chi connectivity index (χ0v) is 8.70. The third-order valence-electron chi connectivity index (χ3n) is 3.06. The van der Waals surface area contributed by atoms with E-state index >= 15 is 0 Å². The molecule has 1 unspecified atom stereocenters. The van der Waals surface area contributed by atoms with Gasteiger partial charge in [0.1, 0.15) is 5.82 Å². The van der Waals surface area contributed by atoms with Crippen LogP contribution in [0.4, 0.5) is 10.1 Å². The fourth-order valence-electron chi connectivity index (χ4n) is 2.29. The molecule has 0 saturated heterocycles. The van der Waals surface area contributed by atoms with Crippen molar-refractivity contribution >= 4 is 5.69 Å². The SMILES string of the molecule is Fc1ccc2c(c1)C(c1cn[nH]c1)CCN2. The van der Waals surface area contributed by atoms with Gasteiger partial charge < -0.3 is 5.32 Å². The molecule has 3 rings (SSSR count). The molecule has 1 aromatic carbocycles. The summed E-state index contributed by atoms with van der Waals surface area (Å²) < 4.78 is 13.3. The Hall–Kier alpha value is -1.84. The number of hydrogen-bond acceptors (Lipinski definition) is 2. The molecule has 1 aliphatic heterocycles. The maximum atomic E-state index is 13.3. The summed E-state index contributed by atoms with van der Waals surface area (Å²) in [6.45, 7) is 0.911. The van der Waals surface area contributed by atoms with Crippen LogP contribution >= 0.6 is 0 Å². The summed E-state index contributed by atoms with van der Waals surface area (Å²) >= 11 is 0. The van der Waals surface area contributed by atoms with Gasteiger partial charge in [-0.3, -0.25) is 5.10 Å². The Morgan fingerprint density at radius 3 is 3.12 bits per heavy atom. The lowest BCUT2D eigenvalue weighted by molar-refractivity contribution is 0.618. The number of anilines is 1. The fourth-order valence-corrected chi connectivity index (χ4v) is 2.29. The van der Waals surface area contributed by atoms with E-state index in [9.17, 15) is 4.39 Å². The number of aromatic amines is 1. The van der Waals surface area contributed by atoms with Crippen molar-refractivity contribution in [1.82, 2.24) is 10.2 Å². The van der Waals surface area contributed by atoms with Crippen molar-refractivity contribution in [3.8, 4) is 0 Å². The summed E-state index contributed by atoms with van der Waals surface area (Å²) in [7, 11) is 0. The molecule has 82 valence electrons. The van der Waals surface area contributed by atoms with Gasteiger partial charge in [-0.25, -0.2) is 4.39 Å². The van der Waals surface area contributed by atoms with Crippen LogP contribution in [0.15, 0.2) is 30.6 Å². The zero-order valence-electron chi connectivity index (χ0n) is 8.70. The highest BCUT2D eigenvalue weighted by Crippen LogP contribution is 2.36. The van der Waals surface area contributed by atoms with Gasteiger partial charge in [-0.15, -0.1) is 0 Å². The lowest BCUT2D eigenvalue weighted by atomic mass is 9.87. The van der Waals surface area contributed by atoms with Gasteiger partial charge in [0.25, 0.3) is 0 Å². The van der Waals surface area contributed by atoms with Crippen molar-refractivity contribution < 1.29 is 4.39 Å². The van der Waals surface area contributed by atoms with E-state index in [1.807, 2.05) is 12.4 Å². The zero-order chi connectivity index (χ0) is 11.0. The Morgan fingerprint density at radius 2 is 2.31 bits per heavy atom. The van der Waals surface area contributed by atoms with Crippen LogP contribution in [-0.2, 0) is 0 Å². The van der Waals surface area contributed by atoms with Crippen LogP contribution in [0.25, 0.3) is 0 Å². The van der Waals surface area contributed by atoms with E-state index in [1.54, 1.807) is 12.1 Å².